The van der Waals surface area contributed by atoms with E-state index in [2.05, 4.69) is 0 Å². The fraction of sp³-hybridized carbons (Fsp3) is 0.455. The van der Waals surface area contributed by atoms with Crippen LogP contribution in [0.1, 0.15) is 18.4 Å². The maximum atomic E-state index is 13.3. The molecule has 1 aliphatic carbocycles. The molecule has 2 rings (SSSR count). The van der Waals surface area contributed by atoms with Crippen molar-refractivity contribution in [2.45, 2.75) is 25.4 Å². The predicted molar refractivity (Wildman–Crippen MR) is 60.5 cm³/mol. The molecular weight excluding hydrogens is 249 g/mol. The molecule has 1 N–H and O–H groups in total. The minimum Gasteiger partial charge on any atom is -0.392 e. The zero-order valence-electron chi connectivity index (χ0n) is 8.90. The van der Waals surface area contributed by atoms with Gasteiger partial charge in [-0.25, -0.2) is 4.39 Å². The molecule has 0 bridgehead atoms. The summed E-state index contributed by atoms with van der Waals surface area (Å²) < 4.78 is 13.3. The van der Waals surface area contributed by atoms with E-state index in [1.165, 1.54) is 0 Å². The summed E-state index contributed by atoms with van der Waals surface area (Å²) in [4.78, 5) is 10.2. The molecule has 1 aromatic carbocycles. The summed E-state index contributed by atoms with van der Waals surface area (Å²) in [6, 6.07) is 2.03. The number of benzene rings is 1. The van der Waals surface area contributed by atoms with Gasteiger partial charge in [-0.05, 0) is 24.8 Å². The van der Waals surface area contributed by atoms with Crippen LogP contribution in [0.4, 0.5) is 10.1 Å². The van der Waals surface area contributed by atoms with Crippen molar-refractivity contribution in [3.8, 4) is 0 Å². The first-order valence-corrected chi connectivity index (χ1v) is 5.67. The number of hydrogen-bond acceptors (Lipinski definition) is 3. The van der Waals surface area contributed by atoms with Crippen LogP contribution >= 0.6 is 11.6 Å². The second-order valence-electron chi connectivity index (χ2n) is 4.26. The molecule has 0 spiro atoms. The van der Waals surface area contributed by atoms with E-state index in [1.807, 2.05) is 0 Å². The van der Waals surface area contributed by atoms with Crippen LogP contribution in [-0.4, -0.2) is 16.1 Å². The van der Waals surface area contributed by atoms with Gasteiger partial charge in [0.25, 0.3) is 5.69 Å². The topological polar surface area (TPSA) is 63.4 Å². The fourth-order valence-electron chi connectivity index (χ4n) is 1.78. The lowest BCUT2D eigenvalue weighted by atomic mass is 10.0. The third-order valence-corrected chi connectivity index (χ3v) is 3.20. The molecule has 0 radical (unpaired) electrons. The van der Waals surface area contributed by atoms with E-state index in [4.69, 9.17) is 11.6 Å². The number of nitrogens with zero attached hydrogens (tertiary/aromatic N) is 1. The zero-order chi connectivity index (χ0) is 12.6. The molecular formula is C11H11ClFNO3. The minimum absolute atomic E-state index is 0.0923. The van der Waals surface area contributed by atoms with E-state index in [9.17, 15) is 19.6 Å². The van der Waals surface area contributed by atoms with Gasteiger partial charge in [0.1, 0.15) is 5.82 Å². The highest BCUT2D eigenvalue weighted by atomic mass is 35.5. The zero-order valence-corrected chi connectivity index (χ0v) is 9.65. The van der Waals surface area contributed by atoms with E-state index in [-0.39, 0.29) is 28.6 Å². The van der Waals surface area contributed by atoms with Gasteiger partial charge in [0.15, 0.2) is 0 Å². The predicted octanol–water partition coefficient (Wildman–Crippen LogP) is 2.70. The standard InChI is InChI=1S/C11H11ClFNO3/c12-8-5-10(14(16)17)7(3-9(8)13)4-11(15)6-1-2-6/h3,5-6,11,15H,1-2,4H2. The van der Waals surface area contributed by atoms with Crippen LogP contribution in [0.25, 0.3) is 0 Å². The smallest absolute Gasteiger partial charge is 0.274 e. The van der Waals surface area contributed by atoms with Crippen LogP contribution in [0, 0.1) is 21.8 Å². The van der Waals surface area contributed by atoms with Gasteiger partial charge in [-0.2, -0.15) is 0 Å². The van der Waals surface area contributed by atoms with Gasteiger partial charge in [0.05, 0.1) is 16.0 Å². The third kappa shape index (κ3) is 2.73. The van der Waals surface area contributed by atoms with Crippen molar-refractivity contribution in [2.24, 2.45) is 5.92 Å². The summed E-state index contributed by atoms with van der Waals surface area (Å²) in [6.07, 6.45) is 1.29. The molecule has 0 aromatic heterocycles. The molecule has 92 valence electrons. The van der Waals surface area contributed by atoms with Crippen molar-refractivity contribution in [3.63, 3.8) is 0 Å². The molecule has 4 nitrogen and oxygen atoms in total. The Labute approximate surface area is 102 Å². The monoisotopic (exact) mass is 259 g/mol. The fourth-order valence-corrected chi connectivity index (χ4v) is 1.94. The van der Waals surface area contributed by atoms with Gasteiger partial charge in [0.2, 0.25) is 0 Å². The van der Waals surface area contributed by atoms with Gasteiger partial charge in [-0.3, -0.25) is 10.1 Å². The second-order valence-corrected chi connectivity index (χ2v) is 4.67. The molecule has 0 saturated heterocycles. The summed E-state index contributed by atoms with van der Waals surface area (Å²) in [7, 11) is 0. The lowest BCUT2D eigenvalue weighted by Crippen LogP contribution is -2.14. The van der Waals surface area contributed by atoms with E-state index in [0.29, 0.717) is 0 Å². The minimum atomic E-state index is -0.699. The van der Waals surface area contributed by atoms with Crippen molar-refractivity contribution in [1.82, 2.24) is 0 Å². The van der Waals surface area contributed by atoms with Crippen molar-refractivity contribution >= 4 is 17.3 Å². The van der Waals surface area contributed by atoms with Crippen molar-refractivity contribution < 1.29 is 14.4 Å². The van der Waals surface area contributed by atoms with Crippen LogP contribution in [0.3, 0.4) is 0 Å². The van der Waals surface area contributed by atoms with Gasteiger partial charge in [-0.15, -0.1) is 0 Å². The Balaban J connectivity index is 2.29. The van der Waals surface area contributed by atoms with Crippen LogP contribution in [0.15, 0.2) is 12.1 Å². The van der Waals surface area contributed by atoms with Gasteiger partial charge >= 0.3 is 0 Å². The maximum absolute atomic E-state index is 13.3. The molecule has 1 aromatic rings. The molecule has 0 aliphatic heterocycles. The summed E-state index contributed by atoms with van der Waals surface area (Å²) in [5.74, 6) is -0.511. The van der Waals surface area contributed by atoms with Crippen LogP contribution in [-0.2, 0) is 6.42 Å². The highest BCUT2D eigenvalue weighted by molar-refractivity contribution is 6.31. The summed E-state index contributed by atoms with van der Waals surface area (Å²) in [5, 5.41) is 20.2. The highest BCUT2D eigenvalue weighted by Crippen LogP contribution is 2.36. The summed E-state index contributed by atoms with van der Waals surface area (Å²) in [6.45, 7) is 0. The lowest BCUT2D eigenvalue weighted by Gasteiger charge is -2.10. The average Bonchev–Trinajstić information content (AvgIpc) is 3.06. The van der Waals surface area contributed by atoms with Crippen LogP contribution < -0.4 is 0 Å². The number of hydrogen-bond donors (Lipinski definition) is 1. The van der Waals surface area contributed by atoms with Crippen LogP contribution in [0.2, 0.25) is 5.02 Å². The van der Waals surface area contributed by atoms with Crippen molar-refractivity contribution in [3.05, 3.63) is 38.7 Å². The van der Waals surface area contributed by atoms with Gasteiger partial charge in [0, 0.05) is 18.1 Å². The van der Waals surface area contributed by atoms with E-state index >= 15 is 0 Å². The molecule has 17 heavy (non-hydrogen) atoms. The normalized spacial score (nSPS) is 16.9. The van der Waals surface area contributed by atoms with Gasteiger partial charge < -0.3 is 5.11 Å². The Kier molecular flexibility index (Phi) is 3.31. The Hall–Kier alpha value is -1.20. The van der Waals surface area contributed by atoms with Crippen molar-refractivity contribution in [2.75, 3.05) is 0 Å². The highest BCUT2D eigenvalue weighted by Gasteiger charge is 2.31. The first-order valence-electron chi connectivity index (χ1n) is 5.29. The summed E-state index contributed by atoms with van der Waals surface area (Å²) >= 11 is 5.50. The molecule has 6 heteroatoms. The lowest BCUT2D eigenvalue weighted by molar-refractivity contribution is -0.385. The molecule has 1 unspecified atom stereocenters. The number of halogens is 2. The molecule has 1 fully saturated rings. The first kappa shape index (κ1) is 12.3. The van der Waals surface area contributed by atoms with Gasteiger partial charge in [-0.1, -0.05) is 11.6 Å². The molecule has 0 heterocycles. The molecule has 1 aliphatic rings. The largest absolute Gasteiger partial charge is 0.392 e. The Morgan fingerprint density at radius 3 is 2.76 bits per heavy atom. The van der Waals surface area contributed by atoms with E-state index in [1.54, 1.807) is 0 Å². The second kappa shape index (κ2) is 4.58. The SMILES string of the molecule is O=[N+]([O-])c1cc(Cl)c(F)cc1CC(O)C1CC1. The number of rotatable bonds is 4. The van der Waals surface area contributed by atoms with E-state index in [0.717, 1.165) is 25.0 Å². The Morgan fingerprint density at radius 1 is 1.59 bits per heavy atom. The molecule has 1 atom stereocenters. The Morgan fingerprint density at radius 2 is 2.24 bits per heavy atom. The summed E-state index contributed by atoms with van der Waals surface area (Å²) in [5.41, 5.74) is -0.0487. The van der Waals surface area contributed by atoms with Crippen molar-refractivity contribution in [1.29, 1.82) is 0 Å². The quantitative estimate of drug-likeness (QED) is 0.668. The Bertz CT molecular complexity index is 462. The van der Waals surface area contributed by atoms with E-state index < -0.39 is 16.8 Å². The third-order valence-electron chi connectivity index (χ3n) is 2.91. The first-order chi connectivity index (χ1) is 7.99. The van der Waals surface area contributed by atoms with Crippen LogP contribution in [0.5, 0.6) is 0 Å². The average molecular weight is 260 g/mol. The maximum Gasteiger partial charge on any atom is 0.274 e. The molecule has 0 amide bonds. The molecule has 1 saturated carbocycles. The number of nitro groups is 1. The number of aliphatic hydroxyl groups is 1. The number of nitro benzene ring substituents is 1. The number of aliphatic hydroxyl groups excluding tert-OH is 1.